The van der Waals surface area contributed by atoms with Crippen molar-refractivity contribution in [2.45, 2.75) is 19.1 Å². The SMILES string of the molecule is Cc1ccc(C(O)C(O)CN)cn1. The number of aryl methyl sites for hydroxylation is 1. The molecule has 4 nitrogen and oxygen atoms in total. The predicted octanol–water partition coefficient (Wildman–Crippen LogP) is -0.257. The molecule has 0 saturated carbocycles. The van der Waals surface area contributed by atoms with Crippen molar-refractivity contribution in [3.8, 4) is 0 Å². The van der Waals surface area contributed by atoms with Gasteiger partial charge in [-0.05, 0) is 13.0 Å². The summed E-state index contributed by atoms with van der Waals surface area (Å²) in [6, 6.07) is 3.51. The minimum Gasteiger partial charge on any atom is -0.389 e. The Morgan fingerprint density at radius 3 is 2.62 bits per heavy atom. The fourth-order valence-electron chi connectivity index (χ4n) is 1.01. The fraction of sp³-hybridized carbons (Fsp3) is 0.444. The first-order valence-electron chi connectivity index (χ1n) is 4.14. The molecule has 2 unspecified atom stereocenters. The molecule has 1 aromatic rings. The molecule has 0 aliphatic carbocycles. The lowest BCUT2D eigenvalue weighted by Gasteiger charge is -2.15. The van der Waals surface area contributed by atoms with E-state index in [1.165, 1.54) is 0 Å². The minimum absolute atomic E-state index is 0.0367. The second kappa shape index (κ2) is 4.32. The second-order valence-corrected chi connectivity index (χ2v) is 2.98. The Morgan fingerprint density at radius 1 is 1.46 bits per heavy atom. The van der Waals surface area contributed by atoms with Gasteiger partial charge in [-0.15, -0.1) is 0 Å². The van der Waals surface area contributed by atoms with Crippen molar-refractivity contribution < 1.29 is 10.2 Å². The molecule has 2 atom stereocenters. The molecular weight excluding hydrogens is 168 g/mol. The van der Waals surface area contributed by atoms with Crippen LogP contribution in [0.1, 0.15) is 17.4 Å². The average molecular weight is 182 g/mol. The second-order valence-electron chi connectivity index (χ2n) is 2.98. The zero-order valence-corrected chi connectivity index (χ0v) is 7.51. The van der Waals surface area contributed by atoms with Crippen LogP contribution in [0.3, 0.4) is 0 Å². The van der Waals surface area contributed by atoms with Crippen LogP contribution in [0.15, 0.2) is 18.3 Å². The molecule has 0 aliphatic heterocycles. The standard InChI is InChI=1S/C9H14N2O2/c1-6-2-3-7(5-11-6)9(13)8(12)4-10/h2-3,5,8-9,12-13H,4,10H2,1H3. The molecule has 0 spiro atoms. The van der Waals surface area contributed by atoms with Gasteiger partial charge in [-0.25, -0.2) is 0 Å². The van der Waals surface area contributed by atoms with Crippen LogP contribution in [0.5, 0.6) is 0 Å². The summed E-state index contributed by atoms with van der Waals surface area (Å²) in [7, 11) is 0. The number of aromatic nitrogens is 1. The fourth-order valence-corrected chi connectivity index (χ4v) is 1.01. The Balaban J connectivity index is 2.77. The summed E-state index contributed by atoms with van der Waals surface area (Å²) in [5.74, 6) is 0. The zero-order chi connectivity index (χ0) is 9.84. The Kier molecular flexibility index (Phi) is 3.36. The van der Waals surface area contributed by atoms with Gasteiger partial charge in [0, 0.05) is 24.0 Å². The number of aliphatic hydroxyl groups is 2. The largest absolute Gasteiger partial charge is 0.389 e. The van der Waals surface area contributed by atoms with Gasteiger partial charge in [0.1, 0.15) is 6.10 Å². The maximum Gasteiger partial charge on any atom is 0.108 e. The molecule has 72 valence electrons. The highest BCUT2D eigenvalue weighted by atomic mass is 16.3. The molecular formula is C9H14N2O2. The van der Waals surface area contributed by atoms with E-state index in [0.717, 1.165) is 5.69 Å². The molecule has 0 bridgehead atoms. The summed E-state index contributed by atoms with van der Waals surface area (Å²) >= 11 is 0. The van der Waals surface area contributed by atoms with Gasteiger partial charge in [-0.2, -0.15) is 0 Å². The highest BCUT2D eigenvalue weighted by Gasteiger charge is 2.16. The van der Waals surface area contributed by atoms with Crippen molar-refractivity contribution in [1.29, 1.82) is 0 Å². The molecule has 13 heavy (non-hydrogen) atoms. The van der Waals surface area contributed by atoms with E-state index in [0.29, 0.717) is 5.56 Å². The number of rotatable bonds is 3. The van der Waals surface area contributed by atoms with Crippen LogP contribution in [-0.2, 0) is 0 Å². The zero-order valence-electron chi connectivity index (χ0n) is 7.51. The number of nitrogens with two attached hydrogens (primary N) is 1. The summed E-state index contributed by atoms with van der Waals surface area (Å²) in [6.07, 6.45) is -0.332. The van der Waals surface area contributed by atoms with Crippen molar-refractivity contribution in [2.75, 3.05) is 6.54 Å². The van der Waals surface area contributed by atoms with Gasteiger partial charge in [0.05, 0.1) is 6.10 Å². The van der Waals surface area contributed by atoms with Crippen LogP contribution in [0, 0.1) is 6.92 Å². The van der Waals surface area contributed by atoms with Gasteiger partial charge < -0.3 is 15.9 Å². The maximum atomic E-state index is 9.51. The number of hydrogen-bond donors (Lipinski definition) is 3. The van der Waals surface area contributed by atoms with E-state index in [1.54, 1.807) is 18.3 Å². The van der Waals surface area contributed by atoms with E-state index in [2.05, 4.69) is 4.98 Å². The van der Waals surface area contributed by atoms with Gasteiger partial charge in [0.2, 0.25) is 0 Å². The van der Waals surface area contributed by atoms with Crippen molar-refractivity contribution in [3.63, 3.8) is 0 Å². The van der Waals surface area contributed by atoms with Gasteiger partial charge in [-0.3, -0.25) is 4.98 Å². The topological polar surface area (TPSA) is 79.4 Å². The van der Waals surface area contributed by atoms with Crippen molar-refractivity contribution in [3.05, 3.63) is 29.6 Å². The quantitative estimate of drug-likeness (QED) is 0.602. The van der Waals surface area contributed by atoms with Gasteiger partial charge in [0.25, 0.3) is 0 Å². The molecule has 1 aromatic heterocycles. The molecule has 4 heteroatoms. The molecule has 0 radical (unpaired) electrons. The lowest BCUT2D eigenvalue weighted by Crippen LogP contribution is -2.27. The number of aliphatic hydroxyl groups excluding tert-OH is 2. The van der Waals surface area contributed by atoms with Gasteiger partial charge >= 0.3 is 0 Å². The van der Waals surface area contributed by atoms with E-state index in [4.69, 9.17) is 5.73 Å². The lowest BCUT2D eigenvalue weighted by atomic mass is 10.1. The molecule has 0 amide bonds. The van der Waals surface area contributed by atoms with E-state index in [-0.39, 0.29) is 6.54 Å². The van der Waals surface area contributed by atoms with E-state index < -0.39 is 12.2 Å². The van der Waals surface area contributed by atoms with E-state index in [9.17, 15) is 10.2 Å². The summed E-state index contributed by atoms with van der Waals surface area (Å²) in [5, 5.41) is 18.8. The molecule has 0 aliphatic rings. The molecule has 1 heterocycles. The molecule has 0 aromatic carbocycles. The normalized spacial score (nSPS) is 15.4. The third-order valence-electron chi connectivity index (χ3n) is 1.88. The Hall–Kier alpha value is -0.970. The third kappa shape index (κ3) is 2.48. The Labute approximate surface area is 77.0 Å². The van der Waals surface area contributed by atoms with Crippen LogP contribution in [0.4, 0.5) is 0 Å². The van der Waals surface area contributed by atoms with E-state index in [1.807, 2.05) is 6.92 Å². The first kappa shape index (κ1) is 10.1. The van der Waals surface area contributed by atoms with Crippen LogP contribution < -0.4 is 5.73 Å². The predicted molar refractivity (Wildman–Crippen MR) is 49.0 cm³/mol. The summed E-state index contributed by atoms with van der Waals surface area (Å²) in [6.45, 7) is 1.89. The smallest absolute Gasteiger partial charge is 0.108 e. The van der Waals surface area contributed by atoms with Crippen LogP contribution in [0.2, 0.25) is 0 Å². The maximum absolute atomic E-state index is 9.51. The highest BCUT2D eigenvalue weighted by molar-refractivity contribution is 5.16. The van der Waals surface area contributed by atoms with Crippen LogP contribution in [0.25, 0.3) is 0 Å². The first-order valence-corrected chi connectivity index (χ1v) is 4.14. The van der Waals surface area contributed by atoms with E-state index >= 15 is 0 Å². The van der Waals surface area contributed by atoms with Gasteiger partial charge in [-0.1, -0.05) is 6.07 Å². The number of pyridine rings is 1. The number of hydrogen-bond acceptors (Lipinski definition) is 4. The Bertz CT molecular complexity index is 261. The van der Waals surface area contributed by atoms with Crippen molar-refractivity contribution in [2.24, 2.45) is 5.73 Å². The molecule has 1 rings (SSSR count). The number of nitrogens with zero attached hydrogens (tertiary/aromatic N) is 1. The first-order chi connectivity index (χ1) is 6.15. The van der Waals surface area contributed by atoms with Crippen molar-refractivity contribution in [1.82, 2.24) is 4.98 Å². The van der Waals surface area contributed by atoms with Crippen LogP contribution >= 0.6 is 0 Å². The lowest BCUT2D eigenvalue weighted by molar-refractivity contribution is 0.0241. The highest BCUT2D eigenvalue weighted by Crippen LogP contribution is 2.15. The van der Waals surface area contributed by atoms with Crippen LogP contribution in [-0.4, -0.2) is 27.8 Å². The molecule has 0 fully saturated rings. The Morgan fingerprint density at radius 2 is 2.15 bits per heavy atom. The summed E-state index contributed by atoms with van der Waals surface area (Å²) in [4.78, 5) is 4.00. The minimum atomic E-state index is -0.946. The average Bonchev–Trinajstić information content (AvgIpc) is 2.17. The molecule has 0 saturated heterocycles. The molecule has 4 N–H and O–H groups in total. The monoisotopic (exact) mass is 182 g/mol. The summed E-state index contributed by atoms with van der Waals surface area (Å²) in [5.41, 5.74) is 6.67. The van der Waals surface area contributed by atoms with Gasteiger partial charge in [0.15, 0.2) is 0 Å². The third-order valence-corrected chi connectivity index (χ3v) is 1.88. The van der Waals surface area contributed by atoms with Crippen molar-refractivity contribution >= 4 is 0 Å². The summed E-state index contributed by atoms with van der Waals surface area (Å²) < 4.78 is 0.